The van der Waals surface area contributed by atoms with Crippen LogP contribution in [-0.4, -0.2) is 9.97 Å². The van der Waals surface area contributed by atoms with E-state index in [0.29, 0.717) is 11.4 Å². The van der Waals surface area contributed by atoms with Crippen molar-refractivity contribution in [3.8, 4) is 67.2 Å². The van der Waals surface area contributed by atoms with Crippen molar-refractivity contribution in [2.75, 3.05) is 0 Å². The van der Waals surface area contributed by atoms with Gasteiger partial charge in [0.1, 0.15) is 16.8 Å². The molecule has 2 aromatic heterocycles. The molecule has 0 aliphatic carbocycles. The van der Waals surface area contributed by atoms with Gasteiger partial charge in [-0.05, 0) is 102 Å². The summed E-state index contributed by atoms with van der Waals surface area (Å²) < 4.78 is 7.00. The zero-order valence-electron chi connectivity index (χ0n) is 33.1. The Bertz CT molecular complexity index is 3580. The smallest absolute Gasteiger partial charge is 0.180 e. The lowest BCUT2D eigenvalue weighted by Gasteiger charge is -2.13. The Kier molecular flexibility index (Phi) is 8.17. The Labute approximate surface area is 352 Å². The summed E-state index contributed by atoms with van der Waals surface area (Å²) in [5, 5.41) is 7.77. The highest BCUT2D eigenvalue weighted by molar-refractivity contribution is 6.30. The van der Waals surface area contributed by atoms with Gasteiger partial charge in [0.25, 0.3) is 0 Å². The third kappa shape index (κ3) is 5.98. The maximum absolute atomic E-state index is 7.00. The van der Waals surface area contributed by atoms with Gasteiger partial charge >= 0.3 is 0 Å². The van der Waals surface area contributed by atoms with Crippen molar-refractivity contribution in [1.29, 1.82) is 0 Å². The fourth-order valence-electron chi connectivity index (χ4n) is 9.12. The second-order valence-electron chi connectivity index (χ2n) is 15.7. The monoisotopic (exact) mass is 776 g/mol. The summed E-state index contributed by atoms with van der Waals surface area (Å²) in [6, 6.07) is 77.6. The summed E-state index contributed by atoms with van der Waals surface area (Å²) in [4.78, 5) is 10.8. The fraction of sp³-hybridized carbons (Fsp3) is 0. The van der Waals surface area contributed by atoms with E-state index in [1.54, 1.807) is 0 Å². The Morgan fingerprint density at radius 1 is 0.295 bits per heavy atom. The van der Waals surface area contributed by atoms with Crippen molar-refractivity contribution in [3.05, 3.63) is 218 Å². The SMILES string of the molecule is c1ccc(-c2cc(-c3ccccc3)cc(-c3cccc(-c4cccc(-c5nc(-c6cccc7ccccc67)c6oc7c8ccccc8c8ccccc8c7c6n5)c4)c3)c2)cc1. The predicted molar refractivity (Wildman–Crippen MR) is 254 cm³/mol. The van der Waals surface area contributed by atoms with Crippen molar-refractivity contribution in [2.24, 2.45) is 0 Å². The van der Waals surface area contributed by atoms with E-state index in [9.17, 15) is 0 Å². The molecule has 0 aliphatic rings. The van der Waals surface area contributed by atoms with Gasteiger partial charge in [-0.2, -0.15) is 0 Å². The lowest BCUT2D eigenvalue weighted by atomic mass is 9.92. The Morgan fingerprint density at radius 3 is 1.41 bits per heavy atom. The Morgan fingerprint density at radius 2 is 0.738 bits per heavy atom. The van der Waals surface area contributed by atoms with Crippen molar-refractivity contribution >= 4 is 54.4 Å². The van der Waals surface area contributed by atoms with Crippen LogP contribution in [0.2, 0.25) is 0 Å². The molecule has 0 saturated heterocycles. The van der Waals surface area contributed by atoms with Gasteiger partial charge in [0, 0.05) is 16.5 Å². The number of nitrogens with zero attached hydrogens (tertiary/aromatic N) is 2. The van der Waals surface area contributed by atoms with E-state index in [4.69, 9.17) is 14.4 Å². The predicted octanol–water partition coefficient (Wildman–Crippen LogP) is 15.8. The van der Waals surface area contributed by atoms with Gasteiger partial charge in [0.05, 0.1) is 5.39 Å². The number of hydrogen-bond acceptors (Lipinski definition) is 3. The molecule has 0 fully saturated rings. The molecule has 0 radical (unpaired) electrons. The maximum Gasteiger partial charge on any atom is 0.180 e. The molecule has 12 aromatic rings. The van der Waals surface area contributed by atoms with Crippen molar-refractivity contribution in [1.82, 2.24) is 9.97 Å². The third-order valence-corrected chi connectivity index (χ3v) is 12.0. The van der Waals surface area contributed by atoms with Crippen molar-refractivity contribution in [2.45, 2.75) is 0 Å². The maximum atomic E-state index is 7.00. The number of aromatic nitrogens is 2. The zero-order valence-corrected chi connectivity index (χ0v) is 33.1. The van der Waals surface area contributed by atoms with Crippen LogP contribution in [-0.2, 0) is 0 Å². The first-order valence-corrected chi connectivity index (χ1v) is 20.7. The summed E-state index contributed by atoms with van der Waals surface area (Å²) in [5.74, 6) is 0.649. The van der Waals surface area contributed by atoms with Gasteiger partial charge in [0.15, 0.2) is 11.4 Å². The summed E-state index contributed by atoms with van der Waals surface area (Å²) in [5.41, 5.74) is 14.3. The molecule has 2 heterocycles. The van der Waals surface area contributed by atoms with Crippen LogP contribution in [0.5, 0.6) is 0 Å². The average Bonchev–Trinajstić information content (AvgIpc) is 3.74. The topological polar surface area (TPSA) is 38.9 Å². The quantitative estimate of drug-likeness (QED) is 0.158. The standard InChI is InChI=1S/C58H36N2O/c1-3-16-37(17-4-1)44-34-45(38-18-5-2-6-19-38)36-46(35-44)42-24-13-22-40(32-42)41-23-14-25-43(33-41)58-59-54(51-31-15-21-39-20-7-8-26-47(39)51)57-55(60-58)53-50-29-11-9-27-48(50)49-28-10-12-30-52(49)56(53)61-57/h1-36H. The normalized spacial score (nSPS) is 11.6. The molecule has 10 aromatic carbocycles. The molecule has 0 spiro atoms. The molecule has 0 bridgehead atoms. The highest BCUT2D eigenvalue weighted by Gasteiger charge is 2.23. The van der Waals surface area contributed by atoms with Crippen LogP contribution in [0.1, 0.15) is 0 Å². The number of furan rings is 1. The highest BCUT2D eigenvalue weighted by atomic mass is 16.3. The highest BCUT2D eigenvalue weighted by Crippen LogP contribution is 2.44. The largest absolute Gasteiger partial charge is 0.451 e. The van der Waals surface area contributed by atoms with Crippen LogP contribution in [0, 0.1) is 0 Å². The van der Waals surface area contributed by atoms with E-state index in [2.05, 4.69) is 218 Å². The molecule has 12 rings (SSSR count). The molecule has 284 valence electrons. The molecule has 0 atom stereocenters. The van der Waals surface area contributed by atoms with Gasteiger partial charge in [-0.15, -0.1) is 0 Å². The average molecular weight is 777 g/mol. The first-order chi connectivity index (χ1) is 30.2. The zero-order chi connectivity index (χ0) is 40.3. The van der Waals surface area contributed by atoms with Crippen LogP contribution in [0.4, 0.5) is 0 Å². The second kappa shape index (κ2) is 14.3. The van der Waals surface area contributed by atoms with Gasteiger partial charge in [-0.1, -0.05) is 188 Å². The van der Waals surface area contributed by atoms with Crippen LogP contribution >= 0.6 is 0 Å². The van der Waals surface area contributed by atoms with Gasteiger partial charge < -0.3 is 4.42 Å². The van der Waals surface area contributed by atoms with E-state index >= 15 is 0 Å². The molecule has 0 aliphatic heterocycles. The number of benzene rings is 10. The molecule has 0 N–H and O–H groups in total. The first-order valence-electron chi connectivity index (χ1n) is 20.7. The minimum atomic E-state index is 0.649. The minimum Gasteiger partial charge on any atom is -0.451 e. The van der Waals surface area contributed by atoms with Crippen LogP contribution in [0.25, 0.3) is 122 Å². The Balaban J connectivity index is 1.05. The van der Waals surface area contributed by atoms with E-state index in [-0.39, 0.29) is 0 Å². The van der Waals surface area contributed by atoms with Crippen LogP contribution in [0.3, 0.4) is 0 Å². The number of hydrogen-bond donors (Lipinski definition) is 0. The molecule has 0 saturated carbocycles. The van der Waals surface area contributed by atoms with Gasteiger partial charge in [-0.3, -0.25) is 0 Å². The van der Waals surface area contributed by atoms with E-state index in [1.807, 2.05) is 0 Å². The summed E-state index contributed by atoms with van der Waals surface area (Å²) >= 11 is 0. The summed E-state index contributed by atoms with van der Waals surface area (Å²) in [7, 11) is 0. The van der Waals surface area contributed by atoms with Crippen molar-refractivity contribution < 1.29 is 4.42 Å². The molecular formula is C58H36N2O. The number of rotatable bonds is 6. The van der Waals surface area contributed by atoms with E-state index in [0.717, 1.165) is 76.9 Å². The van der Waals surface area contributed by atoms with Crippen molar-refractivity contribution in [3.63, 3.8) is 0 Å². The molecular weight excluding hydrogens is 741 g/mol. The summed E-state index contributed by atoms with van der Waals surface area (Å²) in [6.07, 6.45) is 0. The van der Waals surface area contributed by atoms with E-state index in [1.165, 1.54) is 33.2 Å². The van der Waals surface area contributed by atoms with Gasteiger partial charge in [0.2, 0.25) is 0 Å². The second-order valence-corrected chi connectivity index (χ2v) is 15.7. The van der Waals surface area contributed by atoms with Crippen LogP contribution in [0.15, 0.2) is 223 Å². The van der Waals surface area contributed by atoms with Crippen LogP contribution < -0.4 is 0 Å². The number of fused-ring (bicyclic) bond motifs is 9. The fourth-order valence-corrected chi connectivity index (χ4v) is 9.12. The van der Waals surface area contributed by atoms with E-state index < -0.39 is 0 Å². The molecule has 3 nitrogen and oxygen atoms in total. The third-order valence-electron chi connectivity index (χ3n) is 12.0. The molecule has 0 amide bonds. The molecule has 61 heavy (non-hydrogen) atoms. The summed E-state index contributed by atoms with van der Waals surface area (Å²) in [6.45, 7) is 0. The Hall–Kier alpha value is -8.14. The molecule has 0 unspecified atom stereocenters. The lowest BCUT2D eigenvalue weighted by molar-refractivity contribution is 0.671. The first kappa shape index (κ1) is 34.9. The van der Waals surface area contributed by atoms with Gasteiger partial charge in [-0.25, -0.2) is 9.97 Å². The molecule has 3 heteroatoms. The lowest BCUT2D eigenvalue weighted by Crippen LogP contribution is -1.95. The minimum absolute atomic E-state index is 0.649.